The summed E-state index contributed by atoms with van der Waals surface area (Å²) in [6.45, 7) is -0.380. The Bertz CT molecular complexity index is 645. The lowest BCUT2D eigenvalue weighted by molar-refractivity contribution is -0.140. The molecule has 0 unspecified atom stereocenters. The molecule has 1 aromatic rings. The third-order valence-corrected chi connectivity index (χ3v) is 3.29. The number of amides is 4. The topological polar surface area (TPSA) is 116 Å². The first-order chi connectivity index (χ1) is 11.0. The highest BCUT2D eigenvalue weighted by Crippen LogP contribution is 2.18. The molecule has 0 aromatic heterocycles. The Morgan fingerprint density at radius 1 is 1.04 bits per heavy atom. The third-order valence-electron chi connectivity index (χ3n) is 2.96. The Hall–Kier alpha value is -2.61. The minimum absolute atomic E-state index is 0.0406. The number of rotatable bonds is 4. The van der Waals surface area contributed by atoms with Gasteiger partial charge in [-0.1, -0.05) is 23.7 Å². The maximum absolute atomic E-state index is 11.8. The Morgan fingerprint density at radius 2 is 1.74 bits per heavy atom. The van der Waals surface area contributed by atoms with Crippen molar-refractivity contribution in [2.45, 2.75) is 18.9 Å². The van der Waals surface area contributed by atoms with Crippen LogP contribution in [0.4, 0.5) is 0 Å². The average molecular weight is 339 g/mol. The van der Waals surface area contributed by atoms with E-state index in [0.29, 0.717) is 0 Å². The normalized spacial score (nSPS) is 12.9. The van der Waals surface area contributed by atoms with Gasteiger partial charge in [0.1, 0.15) is 0 Å². The van der Waals surface area contributed by atoms with E-state index in [1.165, 1.54) is 6.07 Å². The summed E-state index contributed by atoms with van der Waals surface area (Å²) in [5, 5.41) is 5.08. The van der Waals surface area contributed by atoms with Crippen LogP contribution in [-0.2, 0) is 14.4 Å². The van der Waals surface area contributed by atoms with Crippen molar-refractivity contribution < 1.29 is 19.2 Å². The SMILES string of the molecule is O=C(CNC(=O)c1ccccc1Cl)NNC(=O)C(=O)NC1CC1. The van der Waals surface area contributed by atoms with Gasteiger partial charge in [-0.3, -0.25) is 30.0 Å². The Balaban J connectivity index is 1.70. The number of benzene rings is 1. The van der Waals surface area contributed by atoms with E-state index in [0.717, 1.165) is 12.8 Å². The minimum atomic E-state index is -0.970. The molecule has 4 amide bonds. The van der Waals surface area contributed by atoms with Crippen LogP contribution in [0.15, 0.2) is 24.3 Å². The van der Waals surface area contributed by atoms with Crippen molar-refractivity contribution in [3.63, 3.8) is 0 Å². The molecule has 8 nitrogen and oxygen atoms in total. The number of hydrogen-bond donors (Lipinski definition) is 4. The molecule has 4 N–H and O–H groups in total. The first kappa shape index (κ1) is 16.8. The minimum Gasteiger partial charge on any atom is -0.345 e. The van der Waals surface area contributed by atoms with Crippen LogP contribution in [0.2, 0.25) is 5.02 Å². The van der Waals surface area contributed by atoms with Crippen LogP contribution < -0.4 is 21.5 Å². The van der Waals surface area contributed by atoms with Gasteiger partial charge in [0.05, 0.1) is 17.1 Å². The fraction of sp³-hybridized carbons (Fsp3) is 0.286. The lowest BCUT2D eigenvalue weighted by Crippen LogP contribution is -2.51. The summed E-state index contributed by atoms with van der Waals surface area (Å²) in [4.78, 5) is 46.0. The van der Waals surface area contributed by atoms with E-state index in [9.17, 15) is 19.2 Å². The summed E-state index contributed by atoms with van der Waals surface area (Å²) in [5.74, 6) is -2.99. The summed E-state index contributed by atoms with van der Waals surface area (Å²) in [6, 6.07) is 6.42. The van der Waals surface area contributed by atoms with Crippen molar-refractivity contribution >= 4 is 35.2 Å². The van der Waals surface area contributed by atoms with Crippen molar-refractivity contribution in [3.8, 4) is 0 Å². The maximum Gasteiger partial charge on any atom is 0.327 e. The van der Waals surface area contributed by atoms with E-state index in [1.54, 1.807) is 18.2 Å². The average Bonchev–Trinajstić information content (AvgIpc) is 3.34. The van der Waals surface area contributed by atoms with Crippen molar-refractivity contribution in [1.29, 1.82) is 0 Å². The lowest BCUT2D eigenvalue weighted by atomic mass is 10.2. The number of hydrazine groups is 1. The number of carbonyl (C=O) groups excluding carboxylic acids is 4. The van der Waals surface area contributed by atoms with Crippen LogP contribution in [-0.4, -0.2) is 36.2 Å². The van der Waals surface area contributed by atoms with Crippen molar-refractivity contribution in [3.05, 3.63) is 34.9 Å². The second-order valence-corrected chi connectivity index (χ2v) is 5.32. The molecule has 23 heavy (non-hydrogen) atoms. The smallest absolute Gasteiger partial charge is 0.327 e. The predicted octanol–water partition coefficient (Wildman–Crippen LogP) is -0.504. The largest absolute Gasteiger partial charge is 0.345 e. The number of hydrogen-bond acceptors (Lipinski definition) is 4. The zero-order chi connectivity index (χ0) is 16.8. The van der Waals surface area contributed by atoms with Gasteiger partial charge in [-0.05, 0) is 25.0 Å². The van der Waals surface area contributed by atoms with E-state index >= 15 is 0 Å². The summed E-state index contributed by atoms with van der Waals surface area (Å²) in [6.07, 6.45) is 1.69. The fourth-order valence-corrected chi connectivity index (χ4v) is 1.83. The quantitative estimate of drug-likeness (QED) is 0.437. The Kier molecular flexibility index (Phi) is 5.53. The first-order valence-electron chi connectivity index (χ1n) is 6.90. The van der Waals surface area contributed by atoms with Crippen molar-refractivity contribution in [2.24, 2.45) is 0 Å². The van der Waals surface area contributed by atoms with Gasteiger partial charge in [0.15, 0.2) is 0 Å². The molecule has 1 aliphatic carbocycles. The van der Waals surface area contributed by atoms with Crippen molar-refractivity contribution in [2.75, 3.05) is 6.54 Å². The standard InChI is InChI=1S/C14H15ClN4O4/c15-10-4-2-1-3-9(10)12(21)16-7-11(20)18-19-14(23)13(22)17-8-5-6-8/h1-4,8H,5-7H2,(H,16,21)(H,17,22)(H,18,20)(H,19,23). The van der Waals surface area contributed by atoms with Crippen LogP contribution in [0, 0.1) is 0 Å². The molecule has 122 valence electrons. The van der Waals surface area contributed by atoms with Crippen molar-refractivity contribution in [1.82, 2.24) is 21.5 Å². The van der Waals surface area contributed by atoms with Gasteiger partial charge in [0.2, 0.25) is 0 Å². The molecule has 0 bridgehead atoms. The zero-order valence-corrected chi connectivity index (χ0v) is 12.8. The molecule has 0 atom stereocenters. The first-order valence-corrected chi connectivity index (χ1v) is 7.27. The molecule has 0 saturated heterocycles. The molecule has 0 heterocycles. The second kappa shape index (κ2) is 7.59. The highest BCUT2D eigenvalue weighted by molar-refractivity contribution is 6.35. The zero-order valence-electron chi connectivity index (χ0n) is 12.0. The second-order valence-electron chi connectivity index (χ2n) is 4.91. The molecule has 0 spiro atoms. The molecule has 9 heteroatoms. The molecular formula is C14H15ClN4O4. The molecule has 0 radical (unpaired) electrons. The molecule has 1 fully saturated rings. The van der Waals surface area contributed by atoms with E-state index in [-0.39, 0.29) is 23.2 Å². The molecule has 2 rings (SSSR count). The molecule has 0 aliphatic heterocycles. The lowest BCUT2D eigenvalue weighted by Gasteiger charge is -2.09. The van der Waals surface area contributed by atoms with Crippen LogP contribution in [0.25, 0.3) is 0 Å². The van der Waals surface area contributed by atoms with Gasteiger partial charge in [-0.2, -0.15) is 0 Å². The molecular weight excluding hydrogens is 324 g/mol. The Labute approximate surface area is 136 Å². The van der Waals surface area contributed by atoms with Crippen LogP contribution in [0.5, 0.6) is 0 Å². The van der Waals surface area contributed by atoms with Crippen LogP contribution in [0.3, 0.4) is 0 Å². The van der Waals surface area contributed by atoms with Gasteiger partial charge in [0.25, 0.3) is 11.8 Å². The molecule has 1 aliphatic rings. The Morgan fingerprint density at radius 3 is 2.39 bits per heavy atom. The van der Waals surface area contributed by atoms with Gasteiger partial charge in [-0.15, -0.1) is 0 Å². The molecule has 1 aromatic carbocycles. The van der Waals surface area contributed by atoms with Gasteiger partial charge in [0, 0.05) is 6.04 Å². The van der Waals surface area contributed by atoms with Gasteiger partial charge >= 0.3 is 11.8 Å². The van der Waals surface area contributed by atoms with Gasteiger partial charge < -0.3 is 10.6 Å². The summed E-state index contributed by atoms with van der Waals surface area (Å²) < 4.78 is 0. The van der Waals surface area contributed by atoms with Crippen LogP contribution in [0.1, 0.15) is 23.2 Å². The van der Waals surface area contributed by atoms with Crippen LogP contribution >= 0.6 is 11.6 Å². The summed E-state index contributed by atoms with van der Waals surface area (Å²) in [5.41, 5.74) is 4.23. The predicted molar refractivity (Wildman–Crippen MR) is 81.2 cm³/mol. The maximum atomic E-state index is 11.8. The number of halogens is 1. The van der Waals surface area contributed by atoms with E-state index < -0.39 is 23.6 Å². The van der Waals surface area contributed by atoms with E-state index in [4.69, 9.17) is 11.6 Å². The third kappa shape index (κ3) is 5.26. The van der Waals surface area contributed by atoms with E-state index in [1.807, 2.05) is 10.9 Å². The highest BCUT2D eigenvalue weighted by Gasteiger charge is 2.26. The molecule has 1 saturated carbocycles. The van der Waals surface area contributed by atoms with E-state index in [2.05, 4.69) is 10.6 Å². The monoisotopic (exact) mass is 338 g/mol. The number of nitrogens with one attached hydrogen (secondary N) is 4. The summed E-state index contributed by atoms with van der Waals surface area (Å²) >= 11 is 5.86. The summed E-state index contributed by atoms with van der Waals surface area (Å²) in [7, 11) is 0. The van der Waals surface area contributed by atoms with Gasteiger partial charge in [-0.25, -0.2) is 0 Å². The highest BCUT2D eigenvalue weighted by atomic mass is 35.5. The number of carbonyl (C=O) groups is 4. The fourth-order valence-electron chi connectivity index (χ4n) is 1.61.